The summed E-state index contributed by atoms with van der Waals surface area (Å²) >= 11 is 0. The van der Waals surface area contributed by atoms with Gasteiger partial charge in [-0.3, -0.25) is 4.79 Å². The molecule has 2 aliphatic rings. The lowest BCUT2D eigenvalue weighted by Gasteiger charge is -2.41. The number of aliphatic hydroxyl groups is 1. The van der Waals surface area contributed by atoms with Crippen LogP contribution in [-0.4, -0.2) is 80.3 Å². The van der Waals surface area contributed by atoms with Crippen molar-refractivity contribution in [1.82, 2.24) is 15.3 Å². The molecule has 45 heavy (non-hydrogen) atoms. The number of carbonyl (C=O) groups excluding carboxylic acids is 1. The minimum absolute atomic E-state index is 0.0122. The Morgan fingerprint density at radius 2 is 1.76 bits per heavy atom. The van der Waals surface area contributed by atoms with Crippen LogP contribution >= 0.6 is 0 Å². The van der Waals surface area contributed by atoms with E-state index in [4.69, 9.17) is 9.47 Å². The molecule has 0 bridgehead atoms. The number of aromatic nitrogens is 2. The van der Waals surface area contributed by atoms with Gasteiger partial charge in [0.25, 0.3) is 5.91 Å². The highest BCUT2D eigenvalue weighted by atomic mass is 32.2. The molecule has 242 valence electrons. The summed E-state index contributed by atoms with van der Waals surface area (Å²) in [7, 11) is -3.39. The Morgan fingerprint density at radius 3 is 2.31 bits per heavy atom. The SMILES string of the molecule is CCS(=O)(=O)c1ccc([C@H](CO)NC(=O)c2cnc(N3CC(c4ccc(C(F)(F)F)cc4)CC[C@H]3COC3COC3)nc2)cc1. The maximum atomic E-state index is 13.1. The molecule has 2 fully saturated rings. The van der Waals surface area contributed by atoms with Gasteiger partial charge in [0.15, 0.2) is 9.84 Å². The van der Waals surface area contributed by atoms with Crippen molar-refractivity contribution < 1.29 is 41.0 Å². The number of amides is 1. The van der Waals surface area contributed by atoms with Crippen LogP contribution in [0.2, 0.25) is 0 Å². The quantitative estimate of drug-likeness (QED) is 0.318. The summed E-state index contributed by atoms with van der Waals surface area (Å²) in [5, 5.41) is 12.7. The molecule has 2 N–H and O–H groups in total. The van der Waals surface area contributed by atoms with Crippen LogP contribution in [0, 0.1) is 0 Å². The van der Waals surface area contributed by atoms with Crippen LogP contribution in [0.4, 0.5) is 19.1 Å². The number of nitrogens with zero attached hydrogens (tertiary/aromatic N) is 3. The van der Waals surface area contributed by atoms with Crippen molar-refractivity contribution in [1.29, 1.82) is 0 Å². The van der Waals surface area contributed by atoms with Gasteiger partial charge in [0, 0.05) is 24.9 Å². The van der Waals surface area contributed by atoms with Crippen molar-refractivity contribution in [3.8, 4) is 0 Å². The molecule has 10 nitrogen and oxygen atoms in total. The van der Waals surface area contributed by atoms with Gasteiger partial charge in [0.2, 0.25) is 5.95 Å². The zero-order chi connectivity index (χ0) is 32.2. The van der Waals surface area contributed by atoms with Crippen molar-refractivity contribution >= 4 is 21.7 Å². The van der Waals surface area contributed by atoms with E-state index in [0.717, 1.165) is 24.1 Å². The van der Waals surface area contributed by atoms with Gasteiger partial charge in [0.1, 0.15) is 6.10 Å². The summed E-state index contributed by atoms with van der Waals surface area (Å²) < 4.78 is 74.7. The lowest BCUT2D eigenvalue weighted by molar-refractivity contribution is -0.137. The van der Waals surface area contributed by atoms with E-state index >= 15 is 0 Å². The summed E-state index contributed by atoms with van der Waals surface area (Å²) in [6.07, 6.45) is -0.206. The molecular formula is C31H35F3N4O6S. The highest BCUT2D eigenvalue weighted by Crippen LogP contribution is 2.35. The van der Waals surface area contributed by atoms with Gasteiger partial charge in [-0.15, -0.1) is 0 Å². The molecule has 1 aromatic heterocycles. The van der Waals surface area contributed by atoms with E-state index in [1.165, 1.54) is 36.7 Å². The van der Waals surface area contributed by atoms with Gasteiger partial charge >= 0.3 is 6.18 Å². The molecular weight excluding hydrogens is 613 g/mol. The summed E-state index contributed by atoms with van der Waals surface area (Å²) in [4.78, 5) is 24.1. The number of ether oxygens (including phenoxy) is 2. The largest absolute Gasteiger partial charge is 0.416 e. The first-order valence-electron chi connectivity index (χ1n) is 14.7. The summed E-state index contributed by atoms with van der Waals surface area (Å²) in [5.41, 5.74) is 0.764. The van der Waals surface area contributed by atoms with E-state index in [1.807, 2.05) is 4.90 Å². The first-order valence-corrected chi connectivity index (χ1v) is 16.3. The van der Waals surface area contributed by atoms with Crippen molar-refractivity contribution in [3.05, 3.63) is 83.2 Å². The van der Waals surface area contributed by atoms with Gasteiger partial charge in [-0.1, -0.05) is 31.2 Å². The maximum absolute atomic E-state index is 13.1. The molecule has 2 aromatic carbocycles. The summed E-state index contributed by atoms with van der Waals surface area (Å²) in [5.74, 6) is -0.282. The zero-order valence-corrected chi connectivity index (χ0v) is 25.4. The number of alkyl halides is 3. The van der Waals surface area contributed by atoms with Crippen molar-refractivity contribution in [2.24, 2.45) is 0 Å². The number of anilines is 1. The van der Waals surface area contributed by atoms with E-state index in [-0.39, 0.29) is 34.3 Å². The van der Waals surface area contributed by atoms with E-state index < -0.39 is 40.1 Å². The Hall–Kier alpha value is -3.59. The highest BCUT2D eigenvalue weighted by molar-refractivity contribution is 7.91. The maximum Gasteiger partial charge on any atom is 0.416 e. The molecule has 2 saturated heterocycles. The van der Waals surface area contributed by atoms with Crippen LogP contribution in [0.15, 0.2) is 65.8 Å². The first-order chi connectivity index (χ1) is 21.5. The number of rotatable bonds is 11. The Morgan fingerprint density at radius 1 is 1.09 bits per heavy atom. The number of sulfone groups is 1. The van der Waals surface area contributed by atoms with E-state index in [1.54, 1.807) is 19.1 Å². The number of aliphatic hydroxyl groups excluding tert-OH is 1. The minimum atomic E-state index is -4.41. The second-order valence-electron chi connectivity index (χ2n) is 11.1. The highest BCUT2D eigenvalue weighted by Gasteiger charge is 2.34. The zero-order valence-electron chi connectivity index (χ0n) is 24.6. The molecule has 2 aliphatic heterocycles. The van der Waals surface area contributed by atoms with Gasteiger partial charge < -0.3 is 24.8 Å². The standard InChI is InChI=1S/C31H35F3N4O6S/c1-2-45(41,42)27-11-6-21(7-12-27)28(16-39)37-29(40)23-13-35-30(36-14-23)38-15-22(5-10-25(38)17-44-26-18-43-19-26)20-3-8-24(9-4-20)31(32,33)34/h3-4,6-9,11-14,22,25-26,28,39H,2,5,10,15-19H2,1H3,(H,37,40)/t22?,25-,28-/m0/s1. The predicted octanol–water partition coefficient (Wildman–Crippen LogP) is 3.92. The number of carbonyl (C=O) groups is 1. The molecule has 0 saturated carbocycles. The molecule has 5 rings (SSSR count). The molecule has 0 aliphatic carbocycles. The Balaban J connectivity index is 1.29. The van der Waals surface area contributed by atoms with Crippen LogP contribution in [-0.2, 0) is 25.5 Å². The normalized spacial score (nSPS) is 20.0. The molecule has 3 aromatic rings. The Labute approximate surface area is 259 Å². The molecule has 1 unspecified atom stereocenters. The fourth-order valence-electron chi connectivity index (χ4n) is 5.36. The minimum Gasteiger partial charge on any atom is -0.394 e. The van der Waals surface area contributed by atoms with Crippen molar-refractivity contribution in [2.75, 3.05) is 43.6 Å². The van der Waals surface area contributed by atoms with E-state index in [9.17, 15) is 31.5 Å². The number of hydrogen-bond donors (Lipinski definition) is 2. The second-order valence-corrected chi connectivity index (χ2v) is 13.4. The van der Waals surface area contributed by atoms with Crippen molar-refractivity contribution in [2.45, 2.75) is 54.9 Å². The fraction of sp³-hybridized carbons (Fsp3) is 0.452. The van der Waals surface area contributed by atoms with Crippen molar-refractivity contribution in [3.63, 3.8) is 0 Å². The lowest BCUT2D eigenvalue weighted by atomic mass is 9.87. The Bertz CT molecular complexity index is 1550. The van der Waals surface area contributed by atoms with Crippen LogP contribution < -0.4 is 10.2 Å². The number of nitrogens with one attached hydrogen (secondary N) is 1. The molecule has 0 spiro atoms. The predicted molar refractivity (Wildman–Crippen MR) is 159 cm³/mol. The van der Waals surface area contributed by atoms with Crippen LogP contribution in [0.25, 0.3) is 0 Å². The third-order valence-corrected chi connectivity index (χ3v) is 9.96. The number of piperidine rings is 1. The average molecular weight is 649 g/mol. The average Bonchev–Trinajstić information content (AvgIpc) is 3.02. The van der Waals surface area contributed by atoms with Gasteiger partial charge in [0.05, 0.1) is 60.3 Å². The Kier molecular flexibility index (Phi) is 10.1. The summed E-state index contributed by atoms with van der Waals surface area (Å²) in [6.45, 7) is 3.03. The summed E-state index contributed by atoms with van der Waals surface area (Å²) in [6, 6.07) is 10.3. The van der Waals surface area contributed by atoms with Gasteiger partial charge in [-0.25, -0.2) is 18.4 Å². The topological polar surface area (TPSA) is 131 Å². The van der Waals surface area contributed by atoms with E-state index in [0.29, 0.717) is 44.3 Å². The fourth-order valence-corrected chi connectivity index (χ4v) is 6.24. The second kappa shape index (κ2) is 13.8. The van der Waals surface area contributed by atoms with E-state index in [2.05, 4.69) is 15.3 Å². The van der Waals surface area contributed by atoms with Gasteiger partial charge in [-0.2, -0.15) is 13.2 Å². The molecule has 3 atom stereocenters. The molecule has 0 radical (unpaired) electrons. The van der Waals surface area contributed by atoms with Gasteiger partial charge in [-0.05, 0) is 48.2 Å². The lowest BCUT2D eigenvalue weighted by Crippen LogP contribution is -2.48. The van der Waals surface area contributed by atoms with Crippen LogP contribution in [0.1, 0.15) is 58.8 Å². The number of halogens is 3. The van der Waals surface area contributed by atoms with Crippen LogP contribution in [0.5, 0.6) is 0 Å². The smallest absolute Gasteiger partial charge is 0.394 e. The first kappa shape index (κ1) is 32.8. The number of hydrogen-bond acceptors (Lipinski definition) is 9. The van der Waals surface area contributed by atoms with Crippen LogP contribution in [0.3, 0.4) is 0 Å². The number of benzene rings is 2. The molecule has 1 amide bonds. The molecule has 14 heteroatoms. The third kappa shape index (κ3) is 7.80. The third-order valence-electron chi connectivity index (χ3n) is 8.21. The monoisotopic (exact) mass is 648 g/mol. The molecule has 3 heterocycles.